The van der Waals surface area contributed by atoms with Gasteiger partial charge in [0.25, 0.3) is 0 Å². The molecule has 1 aliphatic heterocycles. The molecule has 1 saturated heterocycles. The van der Waals surface area contributed by atoms with Crippen LogP contribution in [-0.2, 0) is 4.79 Å². The summed E-state index contributed by atoms with van der Waals surface area (Å²) in [6.45, 7) is 7.43. The summed E-state index contributed by atoms with van der Waals surface area (Å²) >= 11 is 0. The number of carbonyl (C=O) groups is 1. The maximum absolute atomic E-state index is 10.8. The number of hydrogen-bond donors (Lipinski definition) is 2. The minimum absolute atomic E-state index is 0.749. The Hall–Kier alpha value is -0.610. The van der Waals surface area contributed by atoms with E-state index in [9.17, 15) is 4.79 Å². The quantitative estimate of drug-likeness (QED) is 0.714. The smallest absolute Gasteiger partial charge is 0.323 e. The molecule has 4 nitrogen and oxygen atoms in total. The normalized spacial score (nSPS) is 19.1. The van der Waals surface area contributed by atoms with Crippen molar-refractivity contribution in [1.29, 1.82) is 0 Å². The molecular formula is C11H22N2O2. The van der Waals surface area contributed by atoms with E-state index in [4.69, 9.17) is 5.11 Å². The predicted octanol–water partition coefficient (Wildman–Crippen LogP) is 0.925. The zero-order valence-electron chi connectivity index (χ0n) is 9.75. The number of hydrogen-bond acceptors (Lipinski definition) is 3. The lowest BCUT2D eigenvalue weighted by Gasteiger charge is -2.28. The molecule has 2 N–H and O–H groups in total. The third-order valence-electron chi connectivity index (χ3n) is 2.98. The monoisotopic (exact) mass is 214 g/mol. The second kappa shape index (κ2) is 5.47. The molecular weight excluding hydrogens is 192 g/mol. The van der Waals surface area contributed by atoms with Crippen molar-refractivity contribution in [3.63, 3.8) is 0 Å². The van der Waals surface area contributed by atoms with Gasteiger partial charge in [0.15, 0.2) is 0 Å². The molecule has 4 heteroatoms. The number of carboxylic acid groups (broad SMARTS) is 1. The van der Waals surface area contributed by atoms with Crippen LogP contribution in [0.25, 0.3) is 0 Å². The van der Waals surface area contributed by atoms with Crippen molar-refractivity contribution in [1.82, 2.24) is 10.2 Å². The summed E-state index contributed by atoms with van der Waals surface area (Å²) in [7, 11) is 0. The molecule has 15 heavy (non-hydrogen) atoms. The van der Waals surface area contributed by atoms with Gasteiger partial charge in [-0.15, -0.1) is 0 Å². The lowest BCUT2D eigenvalue weighted by molar-refractivity contribution is -0.143. The summed E-state index contributed by atoms with van der Waals surface area (Å²) in [5.74, 6) is -0.791. The van der Waals surface area contributed by atoms with Gasteiger partial charge in [0, 0.05) is 13.1 Å². The molecule has 0 aromatic heterocycles. The fourth-order valence-electron chi connectivity index (χ4n) is 1.79. The summed E-state index contributed by atoms with van der Waals surface area (Å²) in [5.41, 5.74) is -0.810. The lowest BCUT2D eigenvalue weighted by Crippen LogP contribution is -2.49. The van der Waals surface area contributed by atoms with Crippen LogP contribution in [0.1, 0.15) is 33.1 Å². The predicted molar refractivity (Wildman–Crippen MR) is 60.0 cm³/mol. The van der Waals surface area contributed by atoms with Gasteiger partial charge < -0.3 is 15.3 Å². The van der Waals surface area contributed by atoms with Crippen molar-refractivity contribution in [3.05, 3.63) is 0 Å². The molecule has 0 amide bonds. The van der Waals surface area contributed by atoms with Gasteiger partial charge in [-0.1, -0.05) is 6.42 Å². The summed E-state index contributed by atoms with van der Waals surface area (Å²) in [5, 5.41) is 12.0. The van der Waals surface area contributed by atoms with E-state index in [-0.39, 0.29) is 0 Å². The van der Waals surface area contributed by atoms with E-state index < -0.39 is 11.5 Å². The van der Waals surface area contributed by atoms with E-state index in [0.29, 0.717) is 0 Å². The third kappa shape index (κ3) is 4.18. The van der Waals surface area contributed by atoms with Crippen LogP contribution in [0.5, 0.6) is 0 Å². The van der Waals surface area contributed by atoms with Gasteiger partial charge in [-0.2, -0.15) is 0 Å². The van der Waals surface area contributed by atoms with E-state index >= 15 is 0 Å². The van der Waals surface area contributed by atoms with E-state index in [1.807, 2.05) is 0 Å². The van der Waals surface area contributed by atoms with Gasteiger partial charge in [-0.3, -0.25) is 4.79 Å². The number of aliphatic carboxylic acids is 1. The van der Waals surface area contributed by atoms with Crippen LogP contribution >= 0.6 is 0 Å². The van der Waals surface area contributed by atoms with E-state index in [1.165, 1.54) is 19.3 Å². The summed E-state index contributed by atoms with van der Waals surface area (Å²) < 4.78 is 0. The van der Waals surface area contributed by atoms with Gasteiger partial charge in [0.05, 0.1) is 0 Å². The molecule has 0 spiro atoms. The fourth-order valence-corrected chi connectivity index (χ4v) is 1.79. The standard InChI is InChI=1S/C11H22N2O2/c1-11(2,10(14)15)12-6-9-13-7-4-3-5-8-13/h12H,3-9H2,1-2H3,(H,14,15). The Labute approximate surface area is 91.6 Å². The molecule has 88 valence electrons. The Morgan fingerprint density at radius 1 is 1.33 bits per heavy atom. The van der Waals surface area contributed by atoms with Crippen molar-refractivity contribution in [2.45, 2.75) is 38.6 Å². The average Bonchev–Trinajstić information content (AvgIpc) is 2.19. The Bertz CT molecular complexity index is 211. The maximum Gasteiger partial charge on any atom is 0.323 e. The molecule has 0 radical (unpaired) electrons. The lowest BCUT2D eigenvalue weighted by atomic mass is 10.1. The Morgan fingerprint density at radius 3 is 2.47 bits per heavy atom. The molecule has 0 saturated carbocycles. The molecule has 1 fully saturated rings. The first-order chi connectivity index (χ1) is 7.02. The first-order valence-electron chi connectivity index (χ1n) is 5.73. The van der Waals surface area contributed by atoms with E-state index in [1.54, 1.807) is 13.8 Å². The first-order valence-corrected chi connectivity index (χ1v) is 5.73. The average molecular weight is 214 g/mol. The summed E-state index contributed by atoms with van der Waals surface area (Å²) in [4.78, 5) is 13.2. The van der Waals surface area contributed by atoms with E-state index in [0.717, 1.165) is 26.2 Å². The molecule has 1 aliphatic rings. The highest BCUT2D eigenvalue weighted by Gasteiger charge is 2.25. The van der Waals surface area contributed by atoms with Crippen LogP contribution in [0.2, 0.25) is 0 Å². The zero-order valence-corrected chi connectivity index (χ0v) is 9.75. The van der Waals surface area contributed by atoms with Crippen molar-refractivity contribution >= 4 is 5.97 Å². The second-order valence-electron chi connectivity index (χ2n) is 4.76. The summed E-state index contributed by atoms with van der Waals surface area (Å²) in [6.07, 6.45) is 3.90. The molecule has 0 bridgehead atoms. The van der Waals surface area contributed by atoms with Crippen molar-refractivity contribution in [2.24, 2.45) is 0 Å². The largest absolute Gasteiger partial charge is 0.480 e. The van der Waals surface area contributed by atoms with Crippen LogP contribution < -0.4 is 5.32 Å². The highest BCUT2D eigenvalue weighted by molar-refractivity contribution is 5.77. The number of rotatable bonds is 5. The zero-order chi connectivity index (χ0) is 11.3. The van der Waals surface area contributed by atoms with Crippen molar-refractivity contribution < 1.29 is 9.90 Å². The maximum atomic E-state index is 10.8. The van der Waals surface area contributed by atoms with Gasteiger partial charge in [0.1, 0.15) is 5.54 Å². The molecule has 0 aromatic carbocycles. The van der Waals surface area contributed by atoms with Crippen LogP contribution in [-0.4, -0.2) is 47.7 Å². The number of piperidine rings is 1. The van der Waals surface area contributed by atoms with Gasteiger partial charge in [-0.25, -0.2) is 0 Å². The molecule has 1 rings (SSSR count). The number of carboxylic acids is 1. The fraction of sp³-hybridized carbons (Fsp3) is 0.909. The van der Waals surface area contributed by atoms with Crippen LogP contribution in [0.15, 0.2) is 0 Å². The van der Waals surface area contributed by atoms with Crippen molar-refractivity contribution in [3.8, 4) is 0 Å². The van der Waals surface area contributed by atoms with Gasteiger partial charge >= 0.3 is 5.97 Å². The molecule has 0 atom stereocenters. The van der Waals surface area contributed by atoms with Gasteiger partial charge in [0.2, 0.25) is 0 Å². The van der Waals surface area contributed by atoms with Crippen molar-refractivity contribution in [2.75, 3.05) is 26.2 Å². The minimum Gasteiger partial charge on any atom is -0.480 e. The van der Waals surface area contributed by atoms with Crippen LogP contribution in [0, 0.1) is 0 Å². The molecule has 0 unspecified atom stereocenters. The third-order valence-corrected chi connectivity index (χ3v) is 2.98. The summed E-state index contributed by atoms with van der Waals surface area (Å²) in [6, 6.07) is 0. The Balaban J connectivity index is 2.17. The van der Waals surface area contributed by atoms with Gasteiger partial charge in [-0.05, 0) is 39.8 Å². The highest BCUT2D eigenvalue weighted by Crippen LogP contribution is 2.08. The van der Waals surface area contributed by atoms with Crippen LogP contribution in [0.3, 0.4) is 0 Å². The Kier molecular flexibility index (Phi) is 4.54. The minimum atomic E-state index is -0.810. The van der Waals surface area contributed by atoms with Crippen LogP contribution in [0.4, 0.5) is 0 Å². The van der Waals surface area contributed by atoms with E-state index in [2.05, 4.69) is 10.2 Å². The molecule has 0 aromatic rings. The number of likely N-dealkylation sites (tertiary alicyclic amines) is 1. The second-order valence-corrected chi connectivity index (χ2v) is 4.76. The SMILES string of the molecule is CC(C)(NCCN1CCCCC1)C(=O)O. The first kappa shape index (κ1) is 12.5. The number of nitrogens with one attached hydrogen (secondary N) is 1. The highest BCUT2D eigenvalue weighted by atomic mass is 16.4. The molecule has 1 heterocycles. The topological polar surface area (TPSA) is 52.6 Å². The number of nitrogens with zero attached hydrogens (tertiary/aromatic N) is 1. The Morgan fingerprint density at radius 2 is 1.93 bits per heavy atom. The molecule has 0 aliphatic carbocycles.